The first-order valence-electron chi connectivity index (χ1n) is 5.54. The SMILES string of the molecule is CC(=O)C(C)N=[N+]([O-])c1ccc(OCC#CI)cc1. The highest BCUT2D eigenvalue weighted by Crippen LogP contribution is 2.18. The Hall–Kier alpha value is -1.62. The van der Waals surface area contributed by atoms with Gasteiger partial charge in [0.05, 0.1) is 0 Å². The molecule has 0 saturated heterocycles. The van der Waals surface area contributed by atoms with Crippen molar-refractivity contribution in [1.29, 1.82) is 0 Å². The molecule has 1 aromatic carbocycles. The number of halogens is 1. The van der Waals surface area contributed by atoms with Crippen LogP contribution >= 0.6 is 22.6 Å². The molecule has 1 rings (SSSR count). The van der Waals surface area contributed by atoms with Crippen LogP contribution in [0.1, 0.15) is 13.8 Å². The number of benzene rings is 1. The Labute approximate surface area is 125 Å². The minimum absolute atomic E-state index is 0.154. The standard InChI is InChI=1S/C13H13IN2O3/c1-10(11(2)17)15-16(18)12-4-6-13(7-5-12)19-9-3-8-14/h4-7,10H,9H2,1-2H3. The zero-order valence-corrected chi connectivity index (χ0v) is 12.7. The van der Waals surface area contributed by atoms with Gasteiger partial charge in [0.25, 0.3) is 0 Å². The maximum atomic E-state index is 11.7. The van der Waals surface area contributed by atoms with Crippen LogP contribution in [0.2, 0.25) is 0 Å². The molecule has 0 N–H and O–H groups in total. The van der Waals surface area contributed by atoms with Crippen LogP contribution in [0, 0.1) is 15.1 Å². The van der Waals surface area contributed by atoms with Gasteiger partial charge in [-0.05, 0) is 35.0 Å². The molecule has 0 bridgehead atoms. The van der Waals surface area contributed by atoms with E-state index in [1.165, 1.54) is 6.92 Å². The maximum Gasteiger partial charge on any atom is 0.244 e. The second-order valence-electron chi connectivity index (χ2n) is 3.73. The molecule has 0 radical (unpaired) electrons. The van der Waals surface area contributed by atoms with Gasteiger partial charge in [0.15, 0.2) is 11.8 Å². The van der Waals surface area contributed by atoms with E-state index in [1.54, 1.807) is 31.2 Å². The van der Waals surface area contributed by atoms with Crippen molar-refractivity contribution >= 4 is 34.1 Å². The number of rotatable bonds is 5. The molecule has 0 aliphatic carbocycles. The molecule has 100 valence electrons. The van der Waals surface area contributed by atoms with Gasteiger partial charge >= 0.3 is 0 Å². The highest BCUT2D eigenvalue weighted by Gasteiger charge is 2.11. The van der Waals surface area contributed by atoms with Gasteiger partial charge in [0.2, 0.25) is 5.69 Å². The second kappa shape index (κ2) is 7.74. The van der Waals surface area contributed by atoms with E-state index in [0.29, 0.717) is 22.9 Å². The molecule has 0 saturated carbocycles. The Morgan fingerprint density at radius 2 is 2.16 bits per heavy atom. The molecule has 0 aromatic heterocycles. The summed E-state index contributed by atoms with van der Waals surface area (Å²) in [7, 11) is 0. The zero-order chi connectivity index (χ0) is 14.3. The molecule has 0 heterocycles. The summed E-state index contributed by atoms with van der Waals surface area (Å²) in [6.07, 6.45) is 0. The summed E-state index contributed by atoms with van der Waals surface area (Å²) < 4.78 is 8.01. The van der Waals surface area contributed by atoms with E-state index in [0.717, 1.165) is 0 Å². The Morgan fingerprint density at radius 3 is 2.68 bits per heavy atom. The molecule has 19 heavy (non-hydrogen) atoms. The molecule has 1 atom stereocenters. The van der Waals surface area contributed by atoms with Crippen molar-refractivity contribution in [3.05, 3.63) is 29.5 Å². The predicted octanol–water partition coefficient (Wildman–Crippen LogP) is 3.03. The first kappa shape index (κ1) is 15.4. The quantitative estimate of drug-likeness (QED) is 0.262. The fourth-order valence-electron chi connectivity index (χ4n) is 1.12. The van der Waals surface area contributed by atoms with Gasteiger partial charge < -0.3 is 9.94 Å². The molecule has 1 unspecified atom stereocenters. The first-order valence-corrected chi connectivity index (χ1v) is 6.62. The van der Waals surface area contributed by atoms with Gasteiger partial charge in [0.1, 0.15) is 12.4 Å². The van der Waals surface area contributed by atoms with Crippen LogP contribution < -0.4 is 4.74 Å². The number of azo groups is 1. The fraction of sp³-hybridized carbons (Fsp3) is 0.308. The van der Waals surface area contributed by atoms with E-state index in [9.17, 15) is 10.0 Å². The number of ether oxygens (including phenoxy) is 1. The van der Waals surface area contributed by atoms with Gasteiger partial charge in [-0.3, -0.25) is 4.79 Å². The lowest BCUT2D eigenvalue weighted by Gasteiger charge is -2.04. The monoisotopic (exact) mass is 372 g/mol. The van der Waals surface area contributed by atoms with Crippen LogP contribution in [0.3, 0.4) is 0 Å². The molecule has 0 fully saturated rings. The first-order chi connectivity index (χ1) is 9.04. The summed E-state index contributed by atoms with van der Waals surface area (Å²) in [5.41, 5.74) is 0.348. The lowest BCUT2D eigenvalue weighted by atomic mass is 10.2. The average Bonchev–Trinajstić information content (AvgIpc) is 2.39. The molecule has 1 aromatic rings. The largest absolute Gasteiger partial charge is 0.594 e. The third-order valence-electron chi connectivity index (χ3n) is 2.30. The van der Waals surface area contributed by atoms with Gasteiger partial charge in [-0.1, -0.05) is 10.8 Å². The lowest BCUT2D eigenvalue weighted by Crippen LogP contribution is -2.12. The second-order valence-corrected chi connectivity index (χ2v) is 4.27. The van der Waals surface area contributed by atoms with Crippen LogP contribution in [-0.2, 0) is 4.79 Å². The number of nitrogens with zero attached hydrogens (tertiary/aromatic N) is 2. The summed E-state index contributed by atoms with van der Waals surface area (Å²) in [6.45, 7) is 3.27. The number of ketones is 1. The van der Waals surface area contributed by atoms with E-state index in [4.69, 9.17) is 4.74 Å². The molecule has 0 amide bonds. The Balaban J connectivity index is 2.74. The molecular weight excluding hydrogens is 359 g/mol. The molecule has 6 heteroatoms. The van der Waals surface area contributed by atoms with Crippen LogP contribution in [0.25, 0.3) is 0 Å². The van der Waals surface area contributed by atoms with Crippen LogP contribution in [-0.4, -0.2) is 23.3 Å². The van der Waals surface area contributed by atoms with Gasteiger partial charge in [-0.2, -0.15) is 0 Å². The summed E-state index contributed by atoms with van der Waals surface area (Å²) >= 11 is 1.93. The Morgan fingerprint density at radius 1 is 1.53 bits per heavy atom. The third kappa shape index (κ3) is 5.26. The van der Waals surface area contributed by atoms with Gasteiger partial charge in [0, 0.05) is 34.7 Å². The molecular formula is C13H13IN2O3. The minimum Gasteiger partial charge on any atom is -0.594 e. The number of Topliss-reactive ketones (excluding diaryl/α,β-unsaturated/α-hetero) is 1. The van der Waals surface area contributed by atoms with Gasteiger partial charge in [-0.15, -0.1) is 0 Å². The van der Waals surface area contributed by atoms with Crippen molar-refractivity contribution in [2.24, 2.45) is 5.11 Å². The summed E-state index contributed by atoms with van der Waals surface area (Å²) in [5, 5.41) is 15.4. The van der Waals surface area contributed by atoms with Crippen molar-refractivity contribution in [2.75, 3.05) is 6.61 Å². The number of carbonyl (C=O) groups excluding carboxylic acids is 1. The third-order valence-corrected chi connectivity index (χ3v) is 2.68. The Bertz CT molecular complexity index is 529. The Kier molecular flexibility index (Phi) is 6.29. The van der Waals surface area contributed by atoms with Crippen molar-refractivity contribution < 1.29 is 14.4 Å². The highest BCUT2D eigenvalue weighted by molar-refractivity contribution is 14.1. The van der Waals surface area contributed by atoms with Crippen molar-refractivity contribution in [2.45, 2.75) is 19.9 Å². The van der Waals surface area contributed by atoms with E-state index in [1.807, 2.05) is 22.6 Å². The van der Waals surface area contributed by atoms with Crippen molar-refractivity contribution in [3.8, 4) is 15.6 Å². The molecule has 5 nitrogen and oxygen atoms in total. The molecule has 0 spiro atoms. The lowest BCUT2D eigenvalue weighted by molar-refractivity contribution is -0.444. The van der Waals surface area contributed by atoms with E-state index in [-0.39, 0.29) is 5.78 Å². The van der Waals surface area contributed by atoms with Crippen LogP contribution in [0.15, 0.2) is 29.4 Å². The summed E-state index contributed by atoms with van der Waals surface area (Å²) in [6, 6.07) is 5.82. The summed E-state index contributed by atoms with van der Waals surface area (Å²) in [5.74, 6) is 3.23. The van der Waals surface area contributed by atoms with E-state index >= 15 is 0 Å². The van der Waals surface area contributed by atoms with E-state index in [2.05, 4.69) is 15.0 Å². The smallest absolute Gasteiger partial charge is 0.244 e. The topological polar surface area (TPSA) is 64.7 Å². The average molecular weight is 372 g/mol. The normalized spacial score (nSPS) is 12.3. The predicted molar refractivity (Wildman–Crippen MR) is 79.6 cm³/mol. The zero-order valence-electron chi connectivity index (χ0n) is 10.6. The summed E-state index contributed by atoms with van der Waals surface area (Å²) in [4.78, 5) is 11.5. The number of carbonyl (C=O) groups is 1. The van der Waals surface area contributed by atoms with E-state index < -0.39 is 6.04 Å². The number of hydrogen-bond acceptors (Lipinski definition) is 4. The van der Waals surface area contributed by atoms with Gasteiger partial charge in [-0.25, -0.2) is 0 Å². The fourth-order valence-corrected chi connectivity index (χ4v) is 1.28. The number of hydrogen-bond donors (Lipinski definition) is 0. The highest BCUT2D eigenvalue weighted by atomic mass is 127. The minimum atomic E-state index is -0.646. The maximum absolute atomic E-state index is 11.7. The van der Waals surface area contributed by atoms with Crippen molar-refractivity contribution in [3.63, 3.8) is 0 Å². The molecule has 0 aliphatic rings. The molecule has 0 aliphatic heterocycles. The van der Waals surface area contributed by atoms with Crippen LogP contribution in [0.5, 0.6) is 5.75 Å². The van der Waals surface area contributed by atoms with Crippen molar-refractivity contribution in [1.82, 2.24) is 0 Å². The van der Waals surface area contributed by atoms with Crippen LogP contribution in [0.4, 0.5) is 5.69 Å².